The van der Waals surface area contributed by atoms with Crippen LogP contribution in [0.5, 0.6) is 5.75 Å². The molecule has 1 N–H and O–H groups in total. The Balaban J connectivity index is 1.40. The fraction of sp³-hybridized carbons (Fsp3) is 0.500. The highest BCUT2D eigenvalue weighted by Crippen LogP contribution is 2.35. The standard InChI is InChI=1S/C28H36N2O4S/c1-21-7-15-27(16-8-21)35(33,20-31)30-18-5-3-4-6-24(17-19-30)28(32)29-25-11-13-26(14-12-25)34-22(2)23-9-10-23/h7-8,11-16,22-24H,3-6,9-10,17-19H2,1-2H3,(H,29,32). The molecule has 1 aliphatic heterocycles. The molecule has 2 aromatic rings. The van der Waals surface area contributed by atoms with Gasteiger partial charge in [0, 0.05) is 24.7 Å². The third kappa shape index (κ3) is 6.54. The van der Waals surface area contributed by atoms with Crippen LogP contribution in [0.2, 0.25) is 0 Å². The van der Waals surface area contributed by atoms with Crippen molar-refractivity contribution in [1.82, 2.24) is 4.31 Å². The summed E-state index contributed by atoms with van der Waals surface area (Å²) in [5.41, 5.74) is 1.78. The van der Waals surface area contributed by atoms with Crippen LogP contribution >= 0.6 is 0 Å². The number of ether oxygens (including phenoxy) is 1. The van der Waals surface area contributed by atoms with E-state index < -0.39 is 9.71 Å². The highest BCUT2D eigenvalue weighted by Gasteiger charge is 2.29. The van der Waals surface area contributed by atoms with Crippen molar-refractivity contribution in [2.45, 2.75) is 69.8 Å². The Morgan fingerprint density at radius 1 is 1.00 bits per heavy atom. The highest BCUT2D eigenvalue weighted by molar-refractivity contribution is 7.98. The van der Waals surface area contributed by atoms with Crippen LogP contribution in [0.4, 0.5) is 5.69 Å². The molecule has 0 aromatic heterocycles. The second-order valence-electron chi connectivity index (χ2n) is 9.86. The molecule has 0 radical (unpaired) electrons. The molecule has 1 aliphatic carbocycles. The van der Waals surface area contributed by atoms with E-state index >= 15 is 0 Å². The molecule has 188 valence electrons. The molecule has 6 nitrogen and oxygen atoms in total. The smallest absolute Gasteiger partial charge is 0.227 e. The summed E-state index contributed by atoms with van der Waals surface area (Å²) < 4.78 is 21.4. The number of anilines is 1. The number of carbonyl (C=O) groups is 1. The zero-order chi connectivity index (χ0) is 24.8. The van der Waals surface area contributed by atoms with Gasteiger partial charge in [-0.05, 0) is 88.3 Å². The summed E-state index contributed by atoms with van der Waals surface area (Å²) in [5, 5.41) is 4.90. The fourth-order valence-electron chi connectivity index (χ4n) is 4.64. The van der Waals surface area contributed by atoms with Gasteiger partial charge < -0.3 is 10.1 Å². The molecule has 4 rings (SSSR count). The van der Waals surface area contributed by atoms with Gasteiger partial charge in [0.25, 0.3) is 0 Å². The van der Waals surface area contributed by atoms with E-state index in [-0.39, 0.29) is 17.9 Å². The van der Waals surface area contributed by atoms with Crippen molar-refractivity contribution in [2.75, 3.05) is 18.4 Å². The molecule has 0 bridgehead atoms. The molecular formula is C28H36N2O4S. The third-order valence-corrected chi connectivity index (χ3v) is 9.33. The normalized spacial score (nSPS) is 21.9. The summed E-state index contributed by atoms with van der Waals surface area (Å²) in [7, 11) is -3.12. The van der Waals surface area contributed by atoms with Crippen LogP contribution < -0.4 is 10.1 Å². The van der Waals surface area contributed by atoms with Crippen LogP contribution in [0.25, 0.3) is 0 Å². The highest BCUT2D eigenvalue weighted by atomic mass is 32.2. The number of nitrogens with one attached hydrogen (secondary N) is 1. The topological polar surface area (TPSA) is 75.7 Å². The van der Waals surface area contributed by atoms with Crippen molar-refractivity contribution >= 4 is 26.5 Å². The first-order chi connectivity index (χ1) is 16.9. The maximum Gasteiger partial charge on any atom is 0.227 e. The first kappa shape index (κ1) is 25.5. The molecular weight excluding hydrogens is 460 g/mol. The average molecular weight is 497 g/mol. The maximum atomic E-state index is 13.7. The molecule has 2 fully saturated rings. The molecule has 35 heavy (non-hydrogen) atoms. The second kappa shape index (κ2) is 11.4. The Labute approximate surface area is 209 Å². The summed E-state index contributed by atoms with van der Waals surface area (Å²) >= 11 is 0. The second-order valence-corrected chi connectivity index (χ2v) is 12.1. The predicted octanol–water partition coefficient (Wildman–Crippen LogP) is 5.32. The fourth-order valence-corrected chi connectivity index (χ4v) is 6.39. The van der Waals surface area contributed by atoms with Gasteiger partial charge >= 0.3 is 0 Å². The minimum absolute atomic E-state index is 0.0382. The molecule has 1 saturated heterocycles. The molecule has 1 saturated carbocycles. The first-order valence-corrected chi connectivity index (χ1v) is 14.2. The van der Waals surface area contributed by atoms with Crippen LogP contribution in [-0.4, -0.2) is 38.8 Å². The van der Waals surface area contributed by atoms with E-state index in [1.807, 2.05) is 48.6 Å². The summed E-state index contributed by atoms with van der Waals surface area (Å²) in [4.78, 5) is 25.6. The van der Waals surface area contributed by atoms with Gasteiger partial charge in [0.1, 0.15) is 15.5 Å². The lowest BCUT2D eigenvalue weighted by molar-refractivity contribution is -0.120. The average Bonchev–Trinajstić information content (AvgIpc) is 3.69. The van der Waals surface area contributed by atoms with E-state index in [9.17, 15) is 13.8 Å². The van der Waals surface area contributed by atoms with E-state index in [4.69, 9.17) is 4.74 Å². The van der Waals surface area contributed by atoms with Crippen LogP contribution in [0, 0.1) is 18.8 Å². The van der Waals surface area contributed by atoms with Crippen molar-refractivity contribution < 1.29 is 18.5 Å². The van der Waals surface area contributed by atoms with E-state index in [2.05, 4.69) is 12.2 Å². The van der Waals surface area contributed by atoms with Gasteiger partial charge in [-0.25, -0.2) is 13.3 Å². The minimum atomic E-state index is -3.12. The van der Waals surface area contributed by atoms with E-state index in [0.29, 0.717) is 30.3 Å². The van der Waals surface area contributed by atoms with E-state index in [0.717, 1.165) is 42.7 Å². The summed E-state index contributed by atoms with van der Waals surface area (Å²) in [6, 6.07) is 14.8. The SMILES string of the molecule is Cc1ccc(S(=O)(=C=O)N2CCCCCC(C(=O)Nc3ccc(OC(C)C4CC4)cc3)CC2)cc1. The lowest BCUT2D eigenvalue weighted by Crippen LogP contribution is -2.35. The predicted molar refractivity (Wildman–Crippen MR) is 139 cm³/mol. The zero-order valence-electron chi connectivity index (χ0n) is 20.7. The maximum absolute atomic E-state index is 13.7. The summed E-state index contributed by atoms with van der Waals surface area (Å²) in [6.07, 6.45) is 6.68. The quantitative estimate of drug-likeness (QED) is 0.527. The Bertz CT molecular complexity index is 1140. The lowest BCUT2D eigenvalue weighted by Gasteiger charge is -2.25. The number of hydrogen-bond acceptors (Lipinski definition) is 4. The van der Waals surface area contributed by atoms with Crippen molar-refractivity contribution in [3.8, 4) is 5.75 Å². The lowest BCUT2D eigenvalue weighted by atomic mass is 9.97. The number of carbonyl (C=O) groups excluding carboxylic acids is 2. The summed E-state index contributed by atoms with van der Waals surface area (Å²) in [5.74, 6) is 1.23. The Morgan fingerprint density at radius 3 is 2.37 bits per heavy atom. The van der Waals surface area contributed by atoms with E-state index in [1.54, 1.807) is 16.4 Å². The van der Waals surface area contributed by atoms with Gasteiger partial charge in [-0.1, -0.05) is 30.5 Å². The summed E-state index contributed by atoms with van der Waals surface area (Å²) in [6.45, 7) is 5.02. The van der Waals surface area contributed by atoms with Gasteiger partial charge in [0.2, 0.25) is 11.1 Å². The van der Waals surface area contributed by atoms with Crippen LogP contribution in [0.1, 0.15) is 57.4 Å². The number of amides is 1. The van der Waals surface area contributed by atoms with Gasteiger partial charge in [-0.15, -0.1) is 0 Å². The van der Waals surface area contributed by atoms with Crippen LogP contribution in [0.15, 0.2) is 53.4 Å². The number of rotatable bonds is 7. The molecule has 2 aliphatic rings. The van der Waals surface area contributed by atoms with Gasteiger partial charge in [-0.3, -0.25) is 4.79 Å². The number of hydrogen-bond donors (Lipinski definition) is 1. The van der Waals surface area contributed by atoms with E-state index in [1.165, 1.54) is 12.8 Å². The monoisotopic (exact) mass is 496 g/mol. The molecule has 1 amide bonds. The van der Waals surface area contributed by atoms with Crippen molar-refractivity contribution in [1.29, 1.82) is 0 Å². The van der Waals surface area contributed by atoms with Crippen LogP contribution in [0.3, 0.4) is 0 Å². The molecule has 0 spiro atoms. The Kier molecular flexibility index (Phi) is 8.32. The van der Waals surface area contributed by atoms with Crippen molar-refractivity contribution in [3.63, 3.8) is 0 Å². The van der Waals surface area contributed by atoms with Gasteiger partial charge in [0.05, 0.1) is 11.0 Å². The Hall–Kier alpha value is -2.60. The molecule has 3 unspecified atom stereocenters. The Morgan fingerprint density at radius 2 is 1.71 bits per heavy atom. The molecule has 7 heteroatoms. The van der Waals surface area contributed by atoms with Gasteiger partial charge in [-0.2, -0.15) is 0 Å². The number of benzene rings is 2. The molecule has 2 aromatic carbocycles. The largest absolute Gasteiger partial charge is 0.490 e. The minimum Gasteiger partial charge on any atom is -0.490 e. The number of aryl methyl sites for hydroxylation is 1. The van der Waals surface area contributed by atoms with Crippen molar-refractivity contribution in [2.24, 2.45) is 11.8 Å². The first-order valence-electron chi connectivity index (χ1n) is 12.7. The molecule has 3 atom stereocenters. The third-order valence-electron chi connectivity index (χ3n) is 7.10. The van der Waals surface area contributed by atoms with Gasteiger partial charge in [0.15, 0.2) is 0 Å². The number of nitrogens with zero attached hydrogens (tertiary/aromatic N) is 1. The van der Waals surface area contributed by atoms with Crippen LogP contribution in [-0.2, 0) is 19.3 Å². The van der Waals surface area contributed by atoms with Crippen molar-refractivity contribution in [3.05, 3.63) is 54.1 Å². The zero-order valence-corrected chi connectivity index (χ0v) is 21.5. The molecule has 1 heterocycles.